The minimum Gasteiger partial charge on any atom is -0.493 e. The summed E-state index contributed by atoms with van der Waals surface area (Å²) in [6, 6.07) is 12.8. The first kappa shape index (κ1) is 30.7. The van der Waals surface area contributed by atoms with Crippen molar-refractivity contribution < 1.29 is 27.2 Å². The number of hydrogen-bond donors (Lipinski definition) is 1. The Morgan fingerprint density at radius 3 is 2.17 bits per heavy atom. The number of methoxy groups -OCH3 is 2. The van der Waals surface area contributed by atoms with E-state index in [0.717, 1.165) is 17.2 Å². The standard InChI is InChI=1S/C26H32F3N3O2.HOP/c1-8-22(26(27,28)29)25(31-18(4)30-21-12-10-20(11-13-21)17(2)3)32(5)16-19-9-14-23(33-6)24(15-19)34-7;1-2/h8-15,17,30H,4,16H2,1-3,5-7H3;2H/b22-8+,31-25+;. The number of alkyl halides is 3. The fraction of sp³-hybridized carbons (Fsp3) is 0.346. The van der Waals surface area contributed by atoms with Gasteiger partial charge in [0, 0.05) is 19.3 Å². The van der Waals surface area contributed by atoms with Gasteiger partial charge < -0.3 is 19.7 Å². The van der Waals surface area contributed by atoms with Crippen molar-refractivity contribution in [2.75, 3.05) is 26.6 Å². The van der Waals surface area contributed by atoms with Crippen molar-refractivity contribution in [3.63, 3.8) is 0 Å². The quantitative estimate of drug-likeness (QED) is 0.214. The summed E-state index contributed by atoms with van der Waals surface area (Å²) in [6.07, 6.45) is -3.58. The molecule has 0 aliphatic rings. The third-order valence-electron chi connectivity index (χ3n) is 5.17. The van der Waals surface area contributed by atoms with Crippen LogP contribution < -0.4 is 14.8 Å². The fourth-order valence-corrected chi connectivity index (χ4v) is 3.37. The Morgan fingerprint density at radius 2 is 1.69 bits per heavy atom. The summed E-state index contributed by atoms with van der Waals surface area (Å²) in [6.45, 7) is 9.49. The summed E-state index contributed by atoms with van der Waals surface area (Å²) in [5.74, 6) is 1.24. The lowest BCUT2D eigenvalue weighted by atomic mass is 10.0. The molecule has 0 aliphatic heterocycles. The Morgan fingerprint density at radius 1 is 1.11 bits per heavy atom. The van der Waals surface area contributed by atoms with E-state index >= 15 is 0 Å². The van der Waals surface area contributed by atoms with Crippen LogP contribution >= 0.6 is 9.12 Å². The van der Waals surface area contributed by atoms with Crippen LogP contribution in [0.4, 0.5) is 18.9 Å². The molecule has 0 spiro atoms. The monoisotopic (exact) mass is 523 g/mol. The van der Waals surface area contributed by atoms with Crippen LogP contribution in [0, 0.1) is 0 Å². The first-order valence-corrected chi connectivity index (χ1v) is 11.4. The average molecular weight is 524 g/mol. The van der Waals surface area contributed by atoms with E-state index in [1.54, 1.807) is 34.4 Å². The summed E-state index contributed by atoms with van der Waals surface area (Å²) in [5, 5.41) is 2.98. The number of aliphatic imine (C=N–C) groups is 1. The fourth-order valence-electron chi connectivity index (χ4n) is 3.37. The van der Waals surface area contributed by atoms with E-state index in [1.807, 2.05) is 24.3 Å². The molecular formula is C26H33F3N3O3P. The SMILES string of the molecule is C=C(/N=C(\C(=C/C)C(F)(F)F)N(C)Cc1ccc(OC)c(OC)c1)Nc1ccc(C(C)C)cc1.O=P. The maximum Gasteiger partial charge on any atom is 0.419 e. The third kappa shape index (κ3) is 8.72. The Labute approximate surface area is 213 Å². The van der Waals surface area contributed by atoms with Gasteiger partial charge in [-0.1, -0.05) is 44.7 Å². The lowest BCUT2D eigenvalue weighted by molar-refractivity contribution is -0.0870. The van der Waals surface area contributed by atoms with Crippen molar-refractivity contribution in [1.82, 2.24) is 4.90 Å². The predicted octanol–water partition coefficient (Wildman–Crippen LogP) is 7.22. The number of amidine groups is 1. The highest BCUT2D eigenvalue weighted by Gasteiger charge is 2.38. The number of likely N-dealkylation sites (N-methyl/N-ethyl adjacent to an activating group) is 1. The van der Waals surface area contributed by atoms with E-state index in [4.69, 9.17) is 14.0 Å². The Hall–Kier alpha value is -3.32. The Kier molecular flexibility index (Phi) is 12.2. The van der Waals surface area contributed by atoms with Gasteiger partial charge in [-0.15, -0.1) is 0 Å². The molecule has 10 heteroatoms. The molecule has 0 radical (unpaired) electrons. The lowest BCUT2D eigenvalue weighted by Gasteiger charge is -2.25. The maximum atomic E-state index is 13.8. The molecule has 0 unspecified atom stereocenters. The smallest absolute Gasteiger partial charge is 0.419 e. The van der Waals surface area contributed by atoms with Gasteiger partial charge in [0.25, 0.3) is 0 Å². The molecule has 0 aliphatic carbocycles. The topological polar surface area (TPSA) is 63.2 Å². The van der Waals surface area contributed by atoms with Crippen molar-refractivity contribution >= 4 is 20.6 Å². The zero-order chi connectivity index (χ0) is 27.5. The van der Waals surface area contributed by atoms with Gasteiger partial charge in [0.05, 0.1) is 19.8 Å². The van der Waals surface area contributed by atoms with Crippen molar-refractivity contribution in [2.45, 2.75) is 39.4 Å². The van der Waals surface area contributed by atoms with Gasteiger partial charge in [-0.3, -0.25) is 4.57 Å². The molecule has 0 aromatic heterocycles. The molecule has 0 fully saturated rings. The van der Waals surface area contributed by atoms with E-state index in [2.05, 4.69) is 30.7 Å². The van der Waals surface area contributed by atoms with Crippen LogP contribution in [0.3, 0.4) is 0 Å². The predicted molar refractivity (Wildman–Crippen MR) is 141 cm³/mol. The van der Waals surface area contributed by atoms with Crippen molar-refractivity contribution in [3.8, 4) is 11.5 Å². The van der Waals surface area contributed by atoms with E-state index in [9.17, 15) is 13.2 Å². The van der Waals surface area contributed by atoms with Crippen molar-refractivity contribution in [2.24, 2.45) is 4.99 Å². The summed E-state index contributed by atoms with van der Waals surface area (Å²) in [5.41, 5.74) is 1.72. The number of nitrogens with one attached hydrogen (secondary N) is 1. The molecule has 36 heavy (non-hydrogen) atoms. The molecule has 6 nitrogen and oxygen atoms in total. The second kappa shape index (κ2) is 14.3. The molecule has 0 amide bonds. The normalized spacial score (nSPS) is 11.9. The zero-order valence-corrected chi connectivity index (χ0v) is 22.4. The molecule has 196 valence electrons. The molecule has 0 heterocycles. The van der Waals surface area contributed by atoms with Crippen LogP contribution in [0.5, 0.6) is 11.5 Å². The Bertz CT molecular complexity index is 1070. The summed E-state index contributed by atoms with van der Waals surface area (Å²) in [4.78, 5) is 5.66. The van der Waals surface area contributed by atoms with Crippen LogP contribution in [0.15, 0.2) is 71.5 Å². The number of rotatable bonds is 9. The number of allylic oxidation sites excluding steroid dienone is 1. The highest BCUT2D eigenvalue weighted by molar-refractivity contribution is 7.00. The van der Waals surface area contributed by atoms with Gasteiger partial charge in [-0.05, 0) is 48.2 Å². The number of ether oxygens (including phenoxy) is 2. The second-order valence-corrected chi connectivity index (χ2v) is 8.03. The zero-order valence-electron chi connectivity index (χ0n) is 21.4. The van der Waals surface area contributed by atoms with Gasteiger partial charge >= 0.3 is 6.18 Å². The van der Waals surface area contributed by atoms with Gasteiger partial charge in [-0.25, -0.2) is 4.99 Å². The van der Waals surface area contributed by atoms with Crippen LogP contribution in [-0.4, -0.2) is 38.2 Å². The number of benzene rings is 2. The Balaban J connectivity index is 0.00000316. The van der Waals surface area contributed by atoms with Crippen LogP contribution in [0.2, 0.25) is 0 Å². The van der Waals surface area contributed by atoms with E-state index in [-0.39, 0.29) is 18.2 Å². The molecule has 2 aromatic carbocycles. The van der Waals surface area contributed by atoms with Crippen LogP contribution in [0.1, 0.15) is 37.8 Å². The van der Waals surface area contributed by atoms with Crippen LogP contribution in [0.25, 0.3) is 0 Å². The van der Waals surface area contributed by atoms with Gasteiger partial charge in [-0.2, -0.15) is 13.2 Å². The van der Waals surface area contributed by atoms with Gasteiger partial charge in [0.1, 0.15) is 20.8 Å². The van der Waals surface area contributed by atoms with Gasteiger partial charge in [0.2, 0.25) is 0 Å². The number of halogens is 3. The molecule has 0 saturated heterocycles. The minimum atomic E-state index is -4.58. The minimum absolute atomic E-state index is 0.0926. The van der Waals surface area contributed by atoms with E-state index in [1.165, 1.54) is 26.0 Å². The molecule has 2 rings (SSSR count). The largest absolute Gasteiger partial charge is 0.493 e. The summed E-state index contributed by atoms with van der Waals surface area (Å²) >= 11 is 0. The van der Waals surface area contributed by atoms with E-state index < -0.39 is 11.7 Å². The van der Waals surface area contributed by atoms with Gasteiger partial charge in [0.15, 0.2) is 11.5 Å². The first-order valence-electron chi connectivity index (χ1n) is 11.0. The first-order chi connectivity index (χ1) is 17.0. The molecule has 2 aromatic rings. The highest BCUT2D eigenvalue weighted by atomic mass is 31.0. The van der Waals surface area contributed by atoms with Crippen LogP contribution in [-0.2, 0) is 11.1 Å². The lowest BCUT2D eigenvalue weighted by Crippen LogP contribution is -2.34. The van der Waals surface area contributed by atoms with Crippen molar-refractivity contribution in [1.29, 1.82) is 0 Å². The van der Waals surface area contributed by atoms with E-state index in [0.29, 0.717) is 23.1 Å². The number of hydrogen-bond acceptors (Lipinski definition) is 5. The third-order valence-corrected chi connectivity index (χ3v) is 5.17. The molecular weight excluding hydrogens is 490 g/mol. The van der Waals surface area contributed by atoms with Crippen molar-refractivity contribution in [3.05, 3.63) is 77.6 Å². The summed E-state index contributed by atoms with van der Waals surface area (Å²) in [7, 11) is 6.30. The average Bonchev–Trinajstić information content (AvgIpc) is 2.84. The summed E-state index contributed by atoms with van der Waals surface area (Å²) < 4.78 is 60.1. The molecule has 0 atom stereocenters. The molecule has 1 N–H and O–H groups in total. The maximum absolute atomic E-state index is 13.8. The highest BCUT2D eigenvalue weighted by Crippen LogP contribution is 2.31. The number of nitrogens with zero attached hydrogens (tertiary/aromatic N) is 2. The number of anilines is 1. The molecule has 0 saturated carbocycles. The second-order valence-electron chi connectivity index (χ2n) is 8.03. The molecule has 0 bridgehead atoms.